The third-order valence-electron chi connectivity index (χ3n) is 5.08. The number of carbonyl (C=O) groups excluding carboxylic acids is 1. The molecule has 4 rings (SSSR count). The van der Waals surface area contributed by atoms with Gasteiger partial charge in [-0.2, -0.15) is 0 Å². The fourth-order valence-corrected chi connectivity index (χ4v) is 3.62. The van der Waals surface area contributed by atoms with Crippen LogP contribution in [0.3, 0.4) is 0 Å². The van der Waals surface area contributed by atoms with E-state index < -0.39 is 5.91 Å². The van der Waals surface area contributed by atoms with Crippen molar-refractivity contribution >= 4 is 34.4 Å². The van der Waals surface area contributed by atoms with Crippen molar-refractivity contribution < 1.29 is 23.4 Å². The molecule has 8 heteroatoms. The van der Waals surface area contributed by atoms with Gasteiger partial charge >= 0.3 is 0 Å². The highest BCUT2D eigenvalue weighted by Crippen LogP contribution is 2.42. The zero-order valence-corrected chi connectivity index (χ0v) is 18.9. The van der Waals surface area contributed by atoms with E-state index in [0.29, 0.717) is 44.4 Å². The number of benzene rings is 3. The van der Waals surface area contributed by atoms with Gasteiger partial charge in [-0.3, -0.25) is 14.9 Å². The number of fused-ring (bicyclic) bond motifs is 1. The molecule has 1 heterocycles. The Balaban J connectivity index is 1.94. The van der Waals surface area contributed by atoms with E-state index in [0.717, 1.165) is 0 Å². The molecule has 33 heavy (non-hydrogen) atoms. The molecule has 0 aliphatic carbocycles. The summed E-state index contributed by atoms with van der Waals surface area (Å²) >= 11 is 5.92. The number of anilines is 1. The van der Waals surface area contributed by atoms with Gasteiger partial charge in [0.2, 0.25) is 17.1 Å². The summed E-state index contributed by atoms with van der Waals surface area (Å²) in [7, 11) is 4.45. The van der Waals surface area contributed by atoms with E-state index in [4.69, 9.17) is 30.2 Å². The summed E-state index contributed by atoms with van der Waals surface area (Å²) < 4.78 is 22.2. The van der Waals surface area contributed by atoms with Gasteiger partial charge in [0.15, 0.2) is 11.5 Å². The quantitative estimate of drug-likeness (QED) is 0.410. The van der Waals surface area contributed by atoms with Crippen LogP contribution in [0.1, 0.15) is 10.4 Å². The van der Waals surface area contributed by atoms with Crippen LogP contribution < -0.4 is 25.0 Å². The zero-order valence-electron chi connectivity index (χ0n) is 18.1. The third kappa shape index (κ3) is 4.23. The minimum absolute atomic E-state index is 0.00655. The van der Waals surface area contributed by atoms with Gasteiger partial charge in [0.25, 0.3) is 5.91 Å². The predicted octanol–water partition coefficient (Wildman–Crippen LogP) is 5.39. The fraction of sp³-hybridized carbons (Fsp3) is 0.120. The van der Waals surface area contributed by atoms with E-state index in [1.54, 1.807) is 60.7 Å². The van der Waals surface area contributed by atoms with E-state index in [2.05, 4.69) is 5.32 Å². The number of halogens is 1. The van der Waals surface area contributed by atoms with Crippen LogP contribution in [-0.2, 0) is 0 Å². The molecule has 168 valence electrons. The Bertz CT molecular complexity index is 1370. The molecule has 0 fully saturated rings. The molecule has 0 atom stereocenters. The van der Waals surface area contributed by atoms with Gasteiger partial charge in [0.1, 0.15) is 5.58 Å². The second kappa shape index (κ2) is 9.26. The highest BCUT2D eigenvalue weighted by atomic mass is 35.5. The van der Waals surface area contributed by atoms with Gasteiger partial charge in [-0.1, -0.05) is 23.7 Å². The van der Waals surface area contributed by atoms with Crippen molar-refractivity contribution in [3.05, 3.63) is 81.5 Å². The summed E-state index contributed by atoms with van der Waals surface area (Å²) in [4.78, 5) is 26.4. The van der Waals surface area contributed by atoms with Gasteiger partial charge in [0, 0.05) is 10.6 Å². The average molecular weight is 466 g/mol. The average Bonchev–Trinajstić information content (AvgIpc) is 2.83. The number of nitrogens with one attached hydrogen (secondary N) is 1. The second-order valence-corrected chi connectivity index (χ2v) is 7.44. The number of hydrogen-bond acceptors (Lipinski definition) is 6. The lowest BCUT2D eigenvalue weighted by Crippen LogP contribution is -2.16. The molecule has 7 nitrogen and oxygen atoms in total. The minimum atomic E-state index is -0.459. The molecule has 0 saturated carbocycles. The van der Waals surface area contributed by atoms with E-state index in [-0.39, 0.29) is 16.9 Å². The number of rotatable bonds is 6. The Kier molecular flexibility index (Phi) is 6.24. The fourth-order valence-electron chi connectivity index (χ4n) is 3.49. The van der Waals surface area contributed by atoms with Gasteiger partial charge in [-0.05, 0) is 54.1 Å². The number of methoxy groups -OCH3 is 3. The molecule has 0 bridgehead atoms. The lowest BCUT2D eigenvalue weighted by molar-refractivity contribution is 0.102. The van der Waals surface area contributed by atoms with Crippen LogP contribution in [0, 0.1) is 0 Å². The molecule has 1 N–H and O–H groups in total. The Morgan fingerprint density at radius 1 is 0.909 bits per heavy atom. The lowest BCUT2D eigenvalue weighted by Gasteiger charge is -2.16. The van der Waals surface area contributed by atoms with Crippen LogP contribution in [0.5, 0.6) is 17.2 Å². The summed E-state index contributed by atoms with van der Waals surface area (Å²) in [5.74, 6) is 0.621. The molecule has 4 aromatic rings. The predicted molar refractivity (Wildman–Crippen MR) is 127 cm³/mol. The number of para-hydroxylation sites is 1. The van der Waals surface area contributed by atoms with E-state index in [9.17, 15) is 9.59 Å². The van der Waals surface area contributed by atoms with Crippen LogP contribution in [-0.4, -0.2) is 27.2 Å². The Morgan fingerprint density at radius 3 is 2.15 bits per heavy atom. The van der Waals surface area contributed by atoms with Crippen molar-refractivity contribution in [1.82, 2.24) is 0 Å². The molecule has 0 aliphatic rings. The smallest absolute Gasteiger partial charge is 0.257 e. The summed E-state index contributed by atoms with van der Waals surface area (Å²) in [5, 5.41) is 3.59. The van der Waals surface area contributed by atoms with Gasteiger partial charge < -0.3 is 18.6 Å². The van der Waals surface area contributed by atoms with Crippen LogP contribution in [0.25, 0.3) is 22.1 Å². The number of carbonyl (C=O) groups is 1. The minimum Gasteiger partial charge on any atom is -0.493 e. The first-order valence-corrected chi connectivity index (χ1v) is 10.3. The summed E-state index contributed by atoms with van der Waals surface area (Å²) in [6.45, 7) is 0. The van der Waals surface area contributed by atoms with Crippen molar-refractivity contribution in [3.63, 3.8) is 0 Å². The molecular formula is C25H20ClNO6. The Hall–Kier alpha value is -3.97. The Labute approximate surface area is 194 Å². The molecule has 0 aliphatic heterocycles. The maximum Gasteiger partial charge on any atom is 0.257 e. The number of hydrogen-bond donors (Lipinski definition) is 1. The van der Waals surface area contributed by atoms with Crippen molar-refractivity contribution in [3.8, 4) is 28.4 Å². The number of amides is 1. The standard InChI is InChI=1S/C25H20ClNO6/c1-30-19-12-15(13-20(31-2)23(19)32-3)21-22(28)17-6-4-5-7-18(17)33-25(21)27-24(29)14-8-10-16(26)11-9-14/h4-13H,1-3H3,(H,27,29). The molecule has 0 spiro atoms. The van der Waals surface area contributed by atoms with Crippen LogP contribution >= 0.6 is 11.6 Å². The van der Waals surface area contributed by atoms with Crippen molar-refractivity contribution in [1.29, 1.82) is 0 Å². The summed E-state index contributed by atoms with van der Waals surface area (Å²) in [5.41, 5.74) is 0.944. The lowest BCUT2D eigenvalue weighted by atomic mass is 10.0. The summed E-state index contributed by atoms with van der Waals surface area (Å²) in [6, 6.07) is 16.4. The van der Waals surface area contributed by atoms with Gasteiger partial charge in [-0.25, -0.2) is 0 Å². The maximum atomic E-state index is 13.5. The van der Waals surface area contributed by atoms with E-state index >= 15 is 0 Å². The van der Waals surface area contributed by atoms with E-state index in [1.807, 2.05) is 0 Å². The van der Waals surface area contributed by atoms with Gasteiger partial charge in [-0.15, -0.1) is 0 Å². The second-order valence-electron chi connectivity index (χ2n) is 7.01. The first kappa shape index (κ1) is 22.2. The van der Waals surface area contributed by atoms with E-state index in [1.165, 1.54) is 21.3 Å². The van der Waals surface area contributed by atoms with Crippen LogP contribution in [0.15, 0.2) is 69.9 Å². The molecule has 0 saturated heterocycles. The normalized spacial score (nSPS) is 10.7. The largest absolute Gasteiger partial charge is 0.493 e. The molecule has 1 aromatic heterocycles. The topological polar surface area (TPSA) is 87.0 Å². The first-order chi connectivity index (χ1) is 16.0. The van der Waals surface area contributed by atoms with Crippen LogP contribution in [0.4, 0.5) is 5.88 Å². The first-order valence-electron chi connectivity index (χ1n) is 9.90. The molecular weight excluding hydrogens is 446 g/mol. The van der Waals surface area contributed by atoms with Crippen LogP contribution in [0.2, 0.25) is 5.02 Å². The molecule has 1 amide bonds. The number of ether oxygens (including phenoxy) is 3. The van der Waals surface area contributed by atoms with Crippen molar-refractivity contribution in [2.45, 2.75) is 0 Å². The monoisotopic (exact) mass is 465 g/mol. The zero-order chi connectivity index (χ0) is 23.5. The SMILES string of the molecule is COc1cc(-c2c(NC(=O)c3ccc(Cl)cc3)oc3ccccc3c2=O)cc(OC)c1OC. The summed E-state index contributed by atoms with van der Waals surface area (Å²) in [6.07, 6.45) is 0. The van der Waals surface area contributed by atoms with Gasteiger partial charge in [0.05, 0.1) is 32.3 Å². The molecule has 0 unspecified atom stereocenters. The highest BCUT2D eigenvalue weighted by Gasteiger charge is 2.22. The Morgan fingerprint density at radius 2 is 1.55 bits per heavy atom. The van der Waals surface area contributed by atoms with Crippen molar-refractivity contribution in [2.24, 2.45) is 0 Å². The molecule has 0 radical (unpaired) electrons. The molecule has 3 aromatic carbocycles. The van der Waals surface area contributed by atoms with Crippen molar-refractivity contribution in [2.75, 3.05) is 26.6 Å². The highest BCUT2D eigenvalue weighted by molar-refractivity contribution is 6.30. The third-order valence-corrected chi connectivity index (χ3v) is 5.34. The maximum absolute atomic E-state index is 13.5.